The van der Waals surface area contributed by atoms with Crippen LogP contribution in [0.25, 0.3) is 0 Å². The molecule has 1 amide bonds. The standard InChI is InChI=1S/C19H18N6O/c26-19(16-5-9-22-23-12-16)25-11-10-24(13-15-3-7-20-8-4-15)18-17(14-25)2-1-6-21-18/h1-9,12H,10-11,13-14H2. The van der Waals surface area contributed by atoms with Gasteiger partial charge < -0.3 is 9.80 Å². The Kier molecular flexibility index (Phi) is 4.51. The van der Waals surface area contributed by atoms with E-state index in [1.165, 1.54) is 12.4 Å². The van der Waals surface area contributed by atoms with Crippen LogP contribution in [0.5, 0.6) is 0 Å². The van der Waals surface area contributed by atoms with Crippen molar-refractivity contribution in [3.05, 3.63) is 78.0 Å². The summed E-state index contributed by atoms with van der Waals surface area (Å²) in [6, 6.07) is 9.63. The van der Waals surface area contributed by atoms with Crippen molar-refractivity contribution in [3.8, 4) is 0 Å². The predicted molar refractivity (Wildman–Crippen MR) is 96.3 cm³/mol. The highest BCUT2D eigenvalue weighted by Gasteiger charge is 2.24. The molecule has 0 spiro atoms. The second kappa shape index (κ2) is 7.26. The summed E-state index contributed by atoms with van der Waals surface area (Å²) in [4.78, 5) is 25.5. The molecule has 4 heterocycles. The summed E-state index contributed by atoms with van der Waals surface area (Å²) in [5.41, 5.74) is 2.75. The van der Waals surface area contributed by atoms with Crippen LogP contribution in [0.4, 0.5) is 5.82 Å². The molecule has 0 bridgehead atoms. The lowest BCUT2D eigenvalue weighted by Crippen LogP contribution is -2.35. The molecule has 0 aromatic carbocycles. The molecule has 3 aromatic rings. The third kappa shape index (κ3) is 3.37. The largest absolute Gasteiger partial charge is 0.350 e. The number of amides is 1. The van der Waals surface area contributed by atoms with Gasteiger partial charge in [-0.25, -0.2) is 4.98 Å². The average molecular weight is 346 g/mol. The summed E-state index contributed by atoms with van der Waals surface area (Å²) in [6.45, 7) is 2.57. The monoisotopic (exact) mass is 346 g/mol. The lowest BCUT2D eigenvalue weighted by Gasteiger charge is -2.24. The zero-order valence-corrected chi connectivity index (χ0v) is 14.2. The Labute approximate surface area is 151 Å². The number of carbonyl (C=O) groups is 1. The van der Waals surface area contributed by atoms with E-state index < -0.39 is 0 Å². The molecule has 1 aliphatic heterocycles. The van der Waals surface area contributed by atoms with Crippen molar-refractivity contribution in [1.29, 1.82) is 0 Å². The quantitative estimate of drug-likeness (QED) is 0.721. The third-order valence-electron chi connectivity index (χ3n) is 4.41. The van der Waals surface area contributed by atoms with Crippen LogP contribution in [0, 0.1) is 0 Å². The van der Waals surface area contributed by atoms with E-state index in [1.54, 1.807) is 24.7 Å². The van der Waals surface area contributed by atoms with Gasteiger partial charge in [-0.2, -0.15) is 10.2 Å². The maximum Gasteiger partial charge on any atom is 0.255 e. The molecule has 0 saturated carbocycles. The van der Waals surface area contributed by atoms with Crippen molar-refractivity contribution >= 4 is 11.7 Å². The topological polar surface area (TPSA) is 75.1 Å². The molecule has 4 rings (SSSR count). The predicted octanol–water partition coefficient (Wildman–Crippen LogP) is 1.93. The molecular formula is C19H18N6O. The van der Waals surface area contributed by atoms with E-state index in [2.05, 4.69) is 25.1 Å². The first-order valence-electron chi connectivity index (χ1n) is 8.45. The molecule has 3 aromatic heterocycles. The molecule has 1 aliphatic rings. The van der Waals surface area contributed by atoms with Crippen LogP contribution in [0.15, 0.2) is 61.3 Å². The minimum Gasteiger partial charge on any atom is -0.350 e. The number of pyridine rings is 2. The summed E-state index contributed by atoms with van der Waals surface area (Å²) < 4.78 is 0. The molecular weight excluding hydrogens is 328 g/mol. The fourth-order valence-electron chi connectivity index (χ4n) is 3.11. The van der Waals surface area contributed by atoms with Crippen molar-refractivity contribution in [2.45, 2.75) is 13.1 Å². The molecule has 0 N–H and O–H groups in total. The van der Waals surface area contributed by atoms with E-state index in [9.17, 15) is 4.79 Å². The molecule has 7 heteroatoms. The number of hydrogen-bond donors (Lipinski definition) is 0. The average Bonchev–Trinajstić information content (AvgIpc) is 2.89. The van der Waals surface area contributed by atoms with Gasteiger partial charge in [-0.05, 0) is 29.8 Å². The SMILES string of the molecule is O=C(c1ccnnc1)N1CCN(Cc2ccncc2)c2ncccc2C1. The van der Waals surface area contributed by atoms with Crippen LogP contribution >= 0.6 is 0 Å². The van der Waals surface area contributed by atoms with Crippen LogP contribution in [-0.4, -0.2) is 44.1 Å². The van der Waals surface area contributed by atoms with E-state index in [1.807, 2.05) is 29.2 Å². The lowest BCUT2D eigenvalue weighted by atomic mass is 10.2. The highest BCUT2D eigenvalue weighted by Crippen LogP contribution is 2.24. The Morgan fingerprint density at radius 2 is 1.88 bits per heavy atom. The number of anilines is 1. The zero-order chi connectivity index (χ0) is 17.8. The molecule has 0 atom stereocenters. The number of aromatic nitrogens is 4. The van der Waals surface area contributed by atoms with Crippen LogP contribution in [0.3, 0.4) is 0 Å². The number of carbonyl (C=O) groups excluding carboxylic acids is 1. The van der Waals surface area contributed by atoms with E-state index in [-0.39, 0.29) is 5.91 Å². The molecule has 0 saturated heterocycles. The normalized spacial score (nSPS) is 13.8. The Morgan fingerprint density at radius 1 is 1.00 bits per heavy atom. The Morgan fingerprint density at radius 3 is 2.69 bits per heavy atom. The third-order valence-corrected chi connectivity index (χ3v) is 4.41. The van der Waals surface area contributed by atoms with Gasteiger partial charge in [0, 0.05) is 50.3 Å². The minimum absolute atomic E-state index is 0.0412. The molecule has 0 unspecified atom stereocenters. The Hall–Kier alpha value is -3.35. The molecule has 0 fully saturated rings. The van der Waals surface area contributed by atoms with Crippen LogP contribution in [0.2, 0.25) is 0 Å². The minimum atomic E-state index is -0.0412. The van der Waals surface area contributed by atoms with Crippen LogP contribution < -0.4 is 4.90 Å². The van der Waals surface area contributed by atoms with Gasteiger partial charge in [0.15, 0.2) is 0 Å². The Bertz CT molecular complexity index is 887. The molecule has 26 heavy (non-hydrogen) atoms. The van der Waals surface area contributed by atoms with Crippen LogP contribution in [-0.2, 0) is 13.1 Å². The number of nitrogens with zero attached hydrogens (tertiary/aromatic N) is 6. The van der Waals surface area contributed by atoms with Gasteiger partial charge in [-0.3, -0.25) is 9.78 Å². The molecule has 0 aliphatic carbocycles. The second-order valence-electron chi connectivity index (χ2n) is 6.12. The van der Waals surface area contributed by atoms with Crippen LogP contribution in [0.1, 0.15) is 21.5 Å². The van der Waals surface area contributed by atoms with Crippen molar-refractivity contribution in [2.75, 3.05) is 18.0 Å². The van der Waals surface area contributed by atoms with Crippen molar-refractivity contribution in [3.63, 3.8) is 0 Å². The maximum atomic E-state index is 12.8. The van der Waals surface area contributed by atoms with Gasteiger partial charge in [0.05, 0.1) is 18.0 Å². The summed E-state index contributed by atoms with van der Waals surface area (Å²) in [6.07, 6.45) is 8.42. The van der Waals surface area contributed by atoms with Gasteiger partial charge in [0.1, 0.15) is 5.82 Å². The first kappa shape index (κ1) is 16.1. The highest BCUT2D eigenvalue weighted by molar-refractivity contribution is 5.94. The number of hydrogen-bond acceptors (Lipinski definition) is 6. The first-order chi connectivity index (χ1) is 12.8. The summed E-state index contributed by atoms with van der Waals surface area (Å²) in [5, 5.41) is 7.56. The number of rotatable bonds is 3. The zero-order valence-electron chi connectivity index (χ0n) is 14.2. The van der Waals surface area contributed by atoms with E-state index in [4.69, 9.17) is 0 Å². The smallest absolute Gasteiger partial charge is 0.255 e. The fraction of sp³-hybridized carbons (Fsp3) is 0.211. The van der Waals surface area contributed by atoms with Crippen molar-refractivity contribution in [2.24, 2.45) is 0 Å². The van der Waals surface area contributed by atoms with Crippen molar-refractivity contribution in [1.82, 2.24) is 25.1 Å². The van der Waals surface area contributed by atoms with Gasteiger partial charge in [0.2, 0.25) is 0 Å². The molecule has 0 radical (unpaired) electrons. The summed E-state index contributed by atoms with van der Waals surface area (Å²) in [5.74, 6) is 0.882. The molecule has 7 nitrogen and oxygen atoms in total. The Balaban J connectivity index is 1.61. The second-order valence-corrected chi connectivity index (χ2v) is 6.12. The van der Waals surface area contributed by atoms with Gasteiger partial charge in [-0.15, -0.1) is 0 Å². The molecule has 130 valence electrons. The van der Waals surface area contributed by atoms with Crippen molar-refractivity contribution < 1.29 is 4.79 Å². The summed E-state index contributed by atoms with van der Waals surface area (Å²) in [7, 11) is 0. The van der Waals surface area contributed by atoms with E-state index in [0.29, 0.717) is 25.2 Å². The fourth-order valence-corrected chi connectivity index (χ4v) is 3.11. The number of fused-ring (bicyclic) bond motifs is 1. The van der Waals surface area contributed by atoms with Gasteiger partial charge in [0.25, 0.3) is 5.91 Å². The maximum absolute atomic E-state index is 12.8. The van der Waals surface area contributed by atoms with E-state index in [0.717, 1.165) is 23.5 Å². The lowest BCUT2D eigenvalue weighted by molar-refractivity contribution is 0.0750. The highest BCUT2D eigenvalue weighted by atomic mass is 16.2. The van der Waals surface area contributed by atoms with E-state index >= 15 is 0 Å². The summed E-state index contributed by atoms with van der Waals surface area (Å²) >= 11 is 0. The van der Waals surface area contributed by atoms with Gasteiger partial charge >= 0.3 is 0 Å². The first-order valence-corrected chi connectivity index (χ1v) is 8.45. The van der Waals surface area contributed by atoms with Gasteiger partial charge in [-0.1, -0.05) is 6.07 Å².